The van der Waals surface area contributed by atoms with E-state index in [-0.39, 0.29) is 0 Å². The van der Waals surface area contributed by atoms with E-state index in [1.807, 2.05) is 12.4 Å². The monoisotopic (exact) mass is 301 g/mol. The molecule has 2 N–H and O–H groups in total. The molecule has 0 radical (unpaired) electrons. The van der Waals surface area contributed by atoms with Crippen molar-refractivity contribution in [1.82, 2.24) is 20.3 Å². The molecule has 2 saturated heterocycles. The second-order valence-electron chi connectivity index (χ2n) is 6.85. The lowest BCUT2D eigenvalue weighted by atomic mass is 10.2. The Morgan fingerprint density at radius 2 is 1.95 bits per heavy atom. The van der Waals surface area contributed by atoms with Gasteiger partial charge in [0.1, 0.15) is 0 Å². The molecule has 3 aliphatic rings. The predicted molar refractivity (Wildman–Crippen MR) is 84.5 cm³/mol. The van der Waals surface area contributed by atoms with Gasteiger partial charge in [-0.25, -0.2) is 9.97 Å². The highest BCUT2D eigenvalue weighted by molar-refractivity contribution is 5.68. The molecule has 1 aromatic heterocycles. The van der Waals surface area contributed by atoms with Crippen LogP contribution in [0.15, 0.2) is 18.0 Å². The number of fused-ring (bicyclic) bond motifs is 2. The maximum absolute atomic E-state index is 9.26. The van der Waals surface area contributed by atoms with Gasteiger partial charge in [0.05, 0.1) is 5.70 Å². The molecule has 4 rings (SSSR count). The summed E-state index contributed by atoms with van der Waals surface area (Å²) in [7, 11) is 0. The maximum Gasteiger partial charge on any atom is 0.225 e. The molecule has 6 heteroatoms. The first-order valence-electron chi connectivity index (χ1n) is 8.14. The van der Waals surface area contributed by atoms with Crippen molar-refractivity contribution < 1.29 is 5.21 Å². The van der Waals surface area contributed by atoms with Gasteiger partial charge in [0.2, 0.25) is 5.95 Å². The van der Waals surface area contributed by atoms with Crippen LogP contribution in [0.5, 0.6) is 0 Å². The van der Waals surface area contributed by atoms with Crippen molar-refractivity contribution in [2.24, 2.45) is 0 Å². The fourth-order valence-electron chi connectivity index (χ4n) is 3.83. The van der Waals surface area contributed by atoms with Crippen molar-refractivity contribution >= 4 is 11.6 Å². The van der Waals surface area contributed by atoms with E-state index >= 15 is 0 Å². The van der Waals surface area contributed by atoms with E-state index < -0.39 is 0 Å². The van der Waals surface area contributed by atoms with Crippen LogP contribution < -0.4 is 10.4 Å². The molecule has 2 atom stereocenters. The van der Waals surface area contributed by atoms with Gasteiger partial charge in [0, 0.05) is 49.2 Å². The Balaban J connectivity index is 1.50. The first kappa shape index (κ1) is 14.0. The topological polar surface area (TPSA) is 64.5 Å². The lowest BCUT2D eigenvalue weighted by Crippen LogP contribution is -2.49. The molecule has 3 fully saturated rings. The van der Waals surface area contributed by atoms with Crippen LogP contribution in [0.25, 0.3) is 5.70 Å². The predicted octanol–water partition coefficient (Wildman–Crippen LogP) is 1.63. The van der Waals surface area contributed by atoms with Crippen LogP contribution in [0.1, 0.15) is 38.7 Å². The van der Waals surface area contributed by atoms with Gasteiger partial charge in [-0.2, -0.15) is 0 Å². The van der Waals surface area contributed by atoms with E-state index in [0.29, 0.717) is 18.1 Å². The average Bonchev–Trinajstić information content (AvgIpc) is 3.15. The van der Waals surface area contributed by atoms with Crippen molar-refractivity contribution in [3.8, 4) is 0 Å². The van der Waals surface area contributed by atoms with Gasteiger partial charge in [-0.3, -0.25) is 15.6 Å². The first-order valence-corrected chi connectivity index (χ1v) is 8.14. The lowest BCUT2D eigenvalue weighted by molar-refractivity contribution is 0.190. The van der Waals surface area contributed by atoms with Crippen LogP contribution in [0.2, 0.25) is 0 Å². The Morgan fingerprint density at radius 3 is 2.45 bits per heavy atom. The number of hydrogen-bond donors (Lipinski definition) is 2. The highest BCUT2D eigenvalue weighted by atomic mass is 16.5. The number of hydrogen-bond acceptors (Lipinski definition) is 6. The molecule has 0 aromatic carbocycles. The maximum atomic E-state index is 9.26. The van der Waals surface area contributed by atoms with Crippen LogP contribution in [0, 0.1) is 0 Å². The van der Waals surface area contributed by atoms with Crippen LogP contribution in [0.4, 0.5) is 5.95 Å². The minimum absolute atomic E-state index is 0.537. The third-order valence-electron chi connectivity index (χ3n) is 5.10. The molecule has 118 valence electrons. The van der Waals surface area contributed by atoms with Crippen LogP contribution in [0.3, 0.4) is 0 Å². The fourth-order valence-corrected chi connectivity index (χ4v) is 3.83. The number of nitrogens with one attached hydrogen (secondary N) is 1. The number of aromatic nitrogens is 2. The number of likely N-dealkylation sites (tertiary alicyclic amines) is 1. The van der Waals surface area contributed by atoms with Crippen LogP contribution in [-0.4, -0.2) is 51.3 Å². The largest absolute Gasteiger partial charge is 0.335 e. The molecule has 6 nitrogen and oxygen atoms in total. The van der Waals surface area contributed by atoms with Crippen molar-refractivity contribution in [1.29, 1.82) is 0 Å². The molecule has 22 heavy (non-hydrogen) atoms. The molecule has 2 bridgehead atoms. The van der Waals surface area contributed by atoms with Crippen molar-refractivity contribution in [2.45, 2.75) is 51.2 Å². The van der Waals surface area contributed by atoms with E-state index in [4.69, 9.17) is 0 Å². The van der Waals surface area contributed by atoms with E-state index in [2.05, 4.69) is 39.1 Å². The molecule has 0 unspecified atom stereocenters. The Hall–Kier alpha value is -1.66. The number of hydroxylamine groups is 1. The van der Waals surface area contributed by atoms with Crippen molar-refractivity contribution in [3.05, 3.63) is 23.5 Å². The normalized spacial score (nSPS) is 26.9. The minimum atomic E-state index is 0.537. The summed E-state index contributed by atoms with van der Waals surface area (Å²) in [5, 5.41) is 9.26. The van der Waals surface area contributed by atoms with Gasteiger partial charge in [-0.1, -0.05) is 0 Å². The molecule has 0 amide bonds. The zero-order valence-electron chi connectivity index (χ0n) is 13.2. The zero-order chi connectivity index (χ0) is 15.3. The number of nitrogens with zero attached hydrogens (tertiary/aromatic N) is 4. The Bertz CT molecular complexity index is 591. The summed E-state index contributed by atoms with van der Waals surface area (Å²) >= 11 is 0. The summed E-state index contributed by atoms with van der Waals surface area (Å²) < 4.78 is 0. The molecule has 1 saturated carbocycles. The summed E-state index contributed by atoms with van der Waals surface area (Å²) in [5.41, 5.74) is 5.18. The van der Waals surface area contributed by atoms with Gasteiger partial charge >= 0.3 is 0 Å². The van der Waals surface area contributed by atoms with Crippen LogP contribution >= 0.6 is 0 Å². The second-order valence-corrected chi connectivity index (χ2v) is 6.85. The summed E-state index contributed by atoms with van der Waals surface area (Å²) in [6, 6.07) is 1.79. The second kappa shape index (κ2) is 5.21. The standard InChI is InChI=1S/C16H23N5O/c1-10(2)20-8-14-5-13(20)9-21(14)16-17-6-12(7-18-16)15(19-22)11-3-4-11/h6-7,10,13-14,19,22H,3-5,8-9H2,1-2H3/t13-,14-/m0/s1. The molecular formula is C16H23N5O. The molecular weight excluding hydrogens is 278 g/mol. The van der Waals surface area contributed by atoms with Gasteiger partial charge in [0.15, 0.2) is 0 Å². The highest BCUT2D eigenvalue weighted by Crippen LogP contribution is 2.36. The zero-order valence-corrected chi connectivity index (χ0v) is 13.2. The minimum Gasteiger partial charge on any atom is -0.335 e. The Labute approximate surface area is 130 Å². The van der Waals surface area contributed by atoms with Gasteiger partial charge < -0.3 is 4.90 Å². The third-order valence-corrected chi connectivity index (χ3v) is 5.10. The molecule has 1 aromatic rings. The van der Waals surface area contributed by atoms with Gasteiger partial charge in [-0.15, -0.1) is 0 Å². The van der Waals surface area contributed by atoms with Crippen molar-refractivity contribution in [2.75, 3.05) is 18.0 Å². The van der Waals surface area contributed by atoms with Gasteiger partial charge in [0.25, 0.3) is 0 Å². The molecule has 3 heterocycles. The van der Waals surface area contributed by atoms with E-state index in [0.717, 1.165) is 43.1 Å². The Morgan fingerprint density at radius 1 is 1.23 bits per heavy atom. The van der Waals surface area contributed by atoms with E-state index in [1.165, 1.54) is 12.0 Å². The summed E-state index contributed by atoms with van der Waals surface area (Å²) in [4.78, 5) is 14.0. The van der Waals surface area contributed by atoms with E-state index in [9.17, 15) is 5.21 Å². The molecule has 2 aliphatic heterocycles. The third kappa shape index (κ3) is 2.27. The average molecular weight is 301 g/mol. The van der Waals surface area contributed by atoms with E-state index in [1.54, 1.807) is 0 Å². The number of allylic oxidation sites excluding steroid dienone is 1. The smallest absolute Gasteiger partial charge is 0.225 e. The fraction of sp³-hybridized carbons (Fsp3) is 0.625. The number of anilines is 1. The van der Waals surface area contributed by atoms with Crippen LogP contribution in [-0.2, 0) is 0 Å². The Kier molecular flexibility index (Phi) is 3.31. The molecule has 1 aliphatic carbocycles. The number of rotatable bonds is 4. The quantitative estimate of drug-likeness (QED) is 0.824. The lowest BCUT2D eigenvalue weighted by Gasteiger charge is -2.36. The SMILES string of the molecule is CC(C)N1C[C@@H]2C[C@H]1CN2c1ncc(C(NO)=C2CC2)cn1. The highest BCUT2D eigenvalue weighted by Gasteiger charge is 2.44. The first-order chi connectivity index (χ1) is 10.7. The summed E-state index contributed by atoms with van der Waals surface area (Å²) in [6.45, 7) is 6.67. The molecule has 0 spiro atoms. The summed E-state index contributed by atoms with van der Waals surface area (Å²) in [6.07, 6.45) is 6.95. The summed E-state index contributed by atoms with van der Waals surface area (Å²) in [5.74, 6) is 0.817. The number of piperazine rings is 1. The van der Waals surface area contributed by atoms with Crippen molar-refractivity contribution in [3.63, 3.8) is 0 Å². The van der Waals surface area contributed by atoms with Gasteiger partial charge in [-0.05, 0) is 38.7 Å².